The van der Waals surface area contributed by atoms with E-state index in [1.807, 2.05) is 24.3 Å². The Kier molecular flexibility index (Phi) is 6.77. The average molecular weight is 365 g/mol. The van der Waals surface area contributed by atoms with E-state index < -0.39 is 0 Å². The Labute approximate surface area is 152 Å². The van der Waals surface area contributed by atoms with Crippen molar-refractivity contribution in [2.24, 2.45) is 0 Å². The molecule has 1 amide bonds. The first kappa shape index (κ1) is 18.7. The van der Waals surface area contributed by atoms with Gasteiger partial charge in [-0.25, -0.2) is 0 Å². The fourth-order valence-electron chi connectivity index (χ4n) is 2.18. The Morgan fingerprint density at radius 2 is 1.68 bits per heavy atom. The van der Waals surface area contributed by atoms with Crippen molar-refractivity contribution in [2.45, 2.75) is 6.54 Å². The van der Waals surface area contributed by atoms with Crippen molar-refractivity contribution in [1.82, 2.24) is 5.32 Å². The van der Waals surface area contributed by atoms with Gasteiger partial charge in [0, 0.05) is 18.7 Å². The Hall–Kier alpha value is -2.60. The summed E-state index contributed by atoms with van der Waals surface area (Å²) in [6, 6.07) is 10.8. The van der Waals surface area contributed by atoms with Gasteiger partial charge in [-0.1, -0.05) is 23.7 Å². The average Bonchev–Trinajstić information content (AvgIpc) is 2.65. The minimum absolute atomic E-state index is 0.0945. The smallest absolute Gasteiger partial charge is 0.239 e. The third-order valence-electron chi connectivity index (χ3n) is 3.56. The molecule has 0 aromatic heterocycles. The van der Waals surface area contributed by atoms with Crippen LogP contribution in [0.4, 0.5) is 5.69 Å². The molecule has 2 aromatic carbocycles. The van der Waals surface area contributed by atoms with Crippen LogP contribution >= 0.6 is 11.6 Å². The van der Waals surface area contributed by atoms with Crippen molar-refractivity contribution < 1.29 is 19.0 Å². The Morgan fingerprint density at radius 3 is 2.28 bits per heavy atom. The van der Waals surface area contributed by atoms with Gasteiger partial charge in [0.15, 0.2) is 0 Å². The summed E-state index contributed by atoms with van der Waals surface area (Å²) in [5.74, 6) is 1.67. The quantitative estimate of drug-likeness (QED) is 0.753. The van der Waals surface area contributed by atoms with Crippen molar-refractivity contribution in [2.75, 3.05) is 33.2 Å². The third-order valence-corrected chi connectivity index (χ3v) is 3.86. The summed E-state index contributed by atoms with van der Waals surface area (Å²) in [6.45, 7) is 0.531. The lowest BCUT2D eigenvalue weighted by Crippen LogP contribution is -2.29. The molecule has 0 fully saturated rings. The highest BCUT2D eigenvalue weighted by atomic mass is 35.5. The number of rotatable bonds is 8. The molecule has 2 N–H and O–H groups in total. The Bertz CT molecular complexity index is 720. The van der Waals surface area contributed by atoms with Crippen molar-refractivity contribution in [3.63, 3.8) is 0 Å². The maximum atomic E-state index is 12.0. The zero-order valence-electron chi connectivity index (χ0n) is 14.4. The van der Waals surface area contributed by atoms with Gasteiger partial charge in [0.2, 0.25) is 5.91 Å². The molecule has 0 spiro atoms. The second-order valence-electron chi connectivity index (χ2n) is 5.17. The first-order valence-corrected chi connectivity index (χ1v) is 8.00. The topological polar surface area (TPSA) is 68.8 Å². The molecular formula is C18H21ClN2O4. The lowest BCUT2D eigenvalue weighted by Gasteiger charge is -2.14. The highest BCUT2D eigenvalue weighted by Crippen LogP contribution is 2.35. The summed E-state index contributed by atoms with van der Waals surface area (Å²) in [4.78, 5) is 12.0. The van der Waals surface area contributed by atoms with E-state index in [2.05, 4.69) is 10.6 Å². The van der Waals surface area contributed by atoms with Gasteiger partial charge in [-0.05, 0) is 17.7 Å². The van der Waals surface area contributed by atoms with Crippen LogP contribution in [-0.4, -0.2) is 33.8 Å². The van der Waals surface area contributed by atoms with Gasteiger partial charge in [0.05, 0.1) is 38.6 Å². The summed E-state index contributed by atoms with van der Waals surface area (Å²) in [7, 11) is 4.68. The van der Waals surface area contributed by atoms with Crippen molar-refractivity contribution in [3.8, 4) is 17.2 Å². The molecule has 0 bridgehead atoms. The highest BCUT2D eigenvalue weighted by molar-refractivity contribution is 6.32. The van der Waals surface area contributed by atoms with E-state index in [-0.39, 0.29) is 12.5 Å². The van der Waals surface area contributed by atoms with Gasteiger partial charge in [0.1, 0.15) is 17.2 Å². The van der Waals surface area contributed by atoms with Gasteiger partial charge in [-0.15, -0.1) is 0 Å². The molecule has 2 rings (SSSR count). The Morgan fingerprint density at radius 1 is 1.00 bits per heavy atom. The molecule has 0 aliphatic rings. The van der Waals surface area contributed by atoms with E-state index in [9.17, 15) is 4.79 Å². The number of anilines is 1. The van der Waals surface area contributed by atoms with Crippen LogP contribution in [0.1, 0.15) is 5.56 Å². The first-order valence-electron chi connectivity index (χ1n) is 7.62. The van der Waals surface area contributed by atoms with Gasteiger partial charge in [0.25, 0.3) is 0 Å². The predicted molar refractivity (Wildman–Crippen MR) is 97.9 cm³/mol. The number of carbonyl (C=O) groups excluding carboxylic acids is 1. The SMILES string of the molecule is COc1ccc(CNC(=O)CNc2cc(OC)c(Cl)cc2OC)cc1. The zero-order chi connectivity index (χ0) is 18.2. The maximum Gasteiger partial charge on any atom is 0.239 e. The minimum atomic E-state index is -0.146. The van der Waals surface area contributed by atoms with E-state index in [0.29, 0.717) is 28.8 Å². The van der Waals surface area contributed by atoms with E-state index >= 15 is 0 Å². The molecule has 0 heterocycles. The van der Waals surface area contributed by atoms with Crippen LogP contribution in [0.15, 0.2) is 36.4 Å². The van der Waals surface area contributed by atoms with Crippen LogP contribution in [0.25, 0.3) is 0 Å². The first-order chi connectivity index (χ1) is 12.1. The fraction of sp³-hybridized carbons (Fsp3) is 0.278. The van der Waals surface area contributed by atoms with Crippen LogP contribution in [0.5, 0.6) is 17.2 Å². The molecule has 0 saturated carbocycles. The number of nitrogens with one attached hydrogen (secondary N) is 2. The fourth-order valence-corrected chi connectivity index (χ4v) is 2.41. The summed E-state index contributed by atoms with van der Waals surface area (Å²) in [6.07, 6.45) is 0. The summed E-state index contributed by atoms with van der Waals surface area (Å²) >= 11 is 6.06. The summed E-state index contributed by atoms with van der Waals surface area (Å²) in [5, 5.41) is 6.31. The van der Waals surface area contributed by atoms with Gasteiger partial charge < -0.3 is 24.8 Å². The number of carbonyl (C=O) groups is 1. The number of benzene rings is 2. The van der Waals surface area contributed by atoms with Crippen LogP contribution in [0.2, 0.25) is 5.02 Å². The standard InChI is InChI=1S/C18H21ClN2O4/c1-23-13-6-4-12(5-7-13)10-21-18(22)11-20-15-9-16(24-2)14(19)8-17(15)25-3/h4-9,20H,10-11H2,1-3H3,(H,21,22). The van der Waals surface area contributed by atoms with E-state index in [1.54, 1.807) is 19.2 Å². The molecular weight excluding hydrogens is 344 g/mol. The molecule has 0 aliphatic carbocycles. The molecule has 2 aromatic rings. The predicted octanol–water partition coefficient (Wildman–Crippen LogP) is 3.09. The molecule has 25 heavy (non-hydrogen) atoms. The number of hydrogen-bond acceptors (Lipinski definition) is 5. The summed E-state index contributed by atoms with van der Waals surface area (Å²) < 4.78 is 15.5. The molecule has 0 radical (unpaired) electrons. The van der Waals surface area contributed by atoms with E-state index in [1.165, 1.54) is 14.2 Å². The zero-order valence-corrected chi connectivity index (χ0v) is 15.1. The molecule has 7 heteroatoms. The van der Waals surface area contributed by atoms with Crippen molar-refractivity contribution >= 4 is 23.2 Å². The Balaban J connectivity index is 1.90. The number of ether oxygens (including phenoxy) is 3. The van der Waals surface area contributed by atoms with Crippen molar-refractivity contribution in [1.29, 1.82) is 0 Å². The van der Waals surface area contributed by atoms with Gasteiger partial charge in [-0.3, -0.25) is 4.79 Å². The largest absolute Gasteiger partial charge is 0.497 e. The van der Waals surface area contributed by atoms with E-state index in [4.69, 9.17) is 25.8 Å². The van der Waals surface area contributed by atoms with Gasteiger partial charge in [-0.2, -0.15) is 0 Å². The molecule has 134 valence electrons. The third kappa shape index (κ3) is 5.19. The second kappa shape index (κ2) is 9.03. The number of methoxy groups -OCH3 is 3. The normalized spacial score (nSPS) is 10.1. The number of halogens is 1. The van der Waals surface area contributed by atoms with Crippen LogP contribution < -0.4 is 24.8 Å². The van der Waals surface area contributed by atoms with E-state index in [0.717, 1.165) is 11.3 Å². The summed E-state index contributed by atoms with van der Waals surface area (Å²) in [5.41, 5.74) is 1.61. The molecule has 0 saturated heterocycles. The molecule has 0 aliphatic heterocycles. The lowest BCUT2D eigenvalue weighted by atomic mass is 10.2. The van der Waals surface area contributed by atoms with Crippen molar-refractivity contribution in [3.05, 3.63) is 47.0 Å². The monoisotopic (exact) mass is 364 g/mol. The van der Waals surface area contributed by atoms with Crippen LogP contribution in [-0.2, 0) is 11.3 Å². The van der Waals surface area contributed by atoms with Crippen LogP contribution in [0.3, 0.4) is 0 Å². The lowest BCUT2D eigenvalue weighted by molar-refractivity contribution is -0.119. The number of amides is 1. The maximum absolute atomic E-state index is 12.0. The molecule has 0 atom stereocenters. The van der Waals surface area contributed by atoms with Gasteiger partial charge >= 0.3 is 0 Å². The molecule has 0 unspecified atom stereocenters. The molecule has 6 nitrogen and oxygen atoms in total. The highest BCUT2D eigenvalue weighted by Gasteiger charge is 2.11. The van der Waals surface area contributed by atoms with Crippen LogP contribution in [0, 0.1) is 0 Å². The number of hydrogen-bond donors (Lipinski definition) is 2. The minimum Gasteiger partial charge on any atom is -0.497 e. The second-order valence-corrected chi connectivity index (χ2v) is 5.57.